The SMILES string of the molecule is COc1ccc(/C=C/C(=O)OCC(=O)NC[C@@H]2COc3ccccc3O2)cc1OC. The first-order chi connectivity index (χ1) is 14.6. The van der Waals surface area contributed by atoms with E-state index in [0.29, 0.717) is 29.6 Å². The second-order valence-corrected chi connectivity index (χ2v) is 6.36. The van der Waals surface area contributed by atoms with Crippen LogP contribution >= 0.6 is 0 Å². The number of rotatable bonds is 8. The molecular formula is C22H23NO7. The third-order valence-electron chi connectivity index (χ3n) is 4.26. The van der Waals surface area contributed by atoms with Crippen molar-refractivity contribution in [1.29, 1.82) is 0 Å². The molecule has 158 valence electrons. The molecule has 1 aliphatic rings. The smallest absolute Gasteiger partial charge is 0.331 e. The summed E-state index contributed by atoms with van der Waals surface area (Å²) in [5, 5.41) is 2.66. The summed E-state index contributed by atoms with van der Waals surface area (Å²) in [4.78, 5) is 23.8. The van der Waals surface area contributed by atoms with Crippen molar-refractivity contribution in [2.45, 2.75) is 6.10 Å². The molecule has 0 saturated heterocycles. The molecule has 2 aromatic carbocycles. The maximum atomic E-state index is 11.9. The van der Waals surface area contributed by atoms with Gasteiger partial charge in [-0.1, -0.05) is 18.2 Å². The molecule has 1 atom stereocenters. The number of para-hydroxylation sites is 2. The highest BCUT2D eigenvalue weighted by atomic mass is 16.6. The van der Waals surface area contributed by atoms with Gasteiger partial charge in [-0.3, -0.25) is 4.79 Å². The quantitative estimate of drug-likeness (QED) is 0.524. The molecule has 1 amide bonds. The minimum Gasteiger partial charge on any atom is -0.493 e. The van der Waals surface area contributed by atoms with Crippen LogP contribution in [0.15, 0.2) is 48.5 Å². The van der Waals surface area contributed by atoms with E-state index in [1.807, 2.05) is 18.2 Å². The standard InChI is InChI=1S/C22H23NO7/c1-26-17-9-7-15(11-20(17)27-2)8-10-22(25)29-14-21(24)23-12-16-13-28-18-5-3-4-6-19(18)30-16/h3-11,16H,12-14H2,1-2H3,(H,23,24)/b10-8+/t16-/m1/s1. The number of esters is 1. The van der Waals surface area contributed by atoms with E-state index < -0.39 is 11.9 Å². The Bertz CT molecular complexity index is 925. The van der Waals surface area contributed by atoms with E-state index in [1.54, 1.807) is 37.5 Å². The molecule has 30 heavy (non-hydrogen) atoms. The number of fused-ring (bicyclic) bond motifs is 1. The van der Waals surface area contributed by atoms with E-state index >= 15 is 0 Å². The summed E-state index contributed by atoms with van der Waals surface area (Å²) in [6.45, 7) is 0.177. The molecule has 1 aliphatic heterocycles. The Hall–Kier alpha value is -3.68. The average molecular weight is 413 g/mol. The minimum absolute atomic E-state index is 0.242. The van der Waals surface area contributed by atoms with Crippen molar-refractivity contribution in [3.63, 3.8) is 0 Å². The van der Waals surface area contributed by atoms with Gasteiger partial charge in [-0.2, -0.15) is 0 Å². The molecule has 0 spiro atoms. The molecule has 2 aromatic rings. The van der Waals surface area contributed by atoms with Gasteiger partial charge in [-0.15, -0.1) is 0 Å². The molecular weight excluding hydrogens is 390 g/mol. The maximum Gasteiger partial charge on any atom is 0.331 e. The minimum atomic E-state index is -0.633. The summed E-state index contributed by atoms with van der Waals surface area (Å²) in [6.07, 6.45) is 2.49. The van der Waals surface area contributed by atoms with E-state index in [2.05, 4.69) is 5.32 Å². The van der Waals surface area contributed by atoms with E-state index in [4.69, 9.17) is 23.7 Å². The van der Waals surface area contributed by atoms with E-state index in [9.17, 15) is 9.59 Å². The van der Waals surface area contributed by atoms with Crippen molar-refractivity contribution < 1.29 is 33.3 Å². The Kier molecular flexibility index (Phi) is 7.15. The number of nitrogens with one attached hydrogen (secondary N) is 1. The Morgan fingerprint density at radius 2 is 1.87 bits per heavy atom. The first kappa shape index (κ1) is 21.0. The predicted octanol–water partition coefficient (Wildman–Crippen LogP) is 2.22. The number of benzene rings is 2. The number of carbonyl (C=O) groups is 2. The van der Waals surface area contributed by atoms with Crippen molar-refractivity contribution in [2.75, 3.05) is 34.0 Å². The summed E-state index contributed by atoms with van der Waals surface area (Å²) in [5.74, 6) is 1.38. The molecule has 0 aromatic heterocycles. The second kappa shape index (κ2) is 10.2. The van der Waals surface area contributed by atoms with Gasteiger partial charge in [0.05, 0.1) is 20.8 Å². The Morgan fingerprint density at radius 3 is 2.63 bits per heavy atom. The molecule has 0 fully saturated rings. The summed E-state index contributed by atoms with van der Waals surface area (Å²) in [6, 6.07) is 12.5. The number of hydrogen-bond donors (Lipinski definition) is 1. The van der Waals surface area contributed by atoms with Crippen LogP contribution < -0.4 is 24.3 Å². The Labute approximate surface area is 174 Å². The first-order valence-electron chi connectivity index (χ1n) is 9.31. The van der Waals surface area contributed by atoms with Crippen LogP contribution in [0.25, 0.3) is 6.08 Å². The molecule has 0 radical (unpaired) electrons. The lowest BCUT2D eigenvalue weighted by Crippen LogP contribution is -2.42. The zero-order valence-corrected chi connectivity index (χ0v) is 16.8. The van der Waals surface area contributed by atoms with Crippen molar-refractivity contribution in [2.24, 2.45) is 0 Å². The highest BCUT2D eigenvalue weighted by molar-refractivity contribution is 5.89. The van der Waals surface area contributed by atoms with Gasteiger partial charge in [0, 0.05) is 6.08 Å². The summed E-state index contributed by atoms with van der Waals surface area (Å²) in [5.41, 5.74) is 0.726. The monoisotopic (exact) mass is 413 g/mol. The van der Waals surface area contributed by atoms with Crippen LogP contribution in [0.4, 0.5) is 0 Å². The van der Waals surface area contributed by atoms with E-state index in [0.717, 1.165) is 5.56 Å². The third-order valence-corrected chi connectivity index (χ3v) is 4.26. The molecule has 1 heterocycles. The van der Waals surface area contributed by atoms with Crippen molar-refractivity contribution >= 4 is 18.0 Å². The normalized spacial score (nSPS) is 14.8. The van der Waals surface area contributed by atoms with Gasteiger partial charge in [-0.05, 0) is 35.9 Å². The van der Waals surface area contributed by atoms with Crippen LogP contribution in [0.1, 0.15) is 5.56 Å². The van der Waals surface area contributed by atoms with Crippen molar-refractivity contribution in [3.8, 4) is 23.0 Å². The summed E-state index contributed by atoms with van der Waals surface area (Å²) < 4.78 is 26.7. The van der Waals surface area contributed by atoms with Crippen LogP contribution in [0.5, 0.6) is 23.0 Å². The van der Waals surface area contributed by atoms with Crippen molar-refractivity contribution in [1.82, 2.24) is 5.32 Å². The van der Waals surface area contributed by atoms with Gasteiger partial charge >= 0.3 is 5.97 Å². The molecule has 0 aliphatic carbocycles. The van der Waals surface area contributed by atoms with Crippen LogP contribution in [-0.4, -0.2) is 52.0 Å². The largest absolute Gasteiger partial charge is 0.493 e. The number of methoxy groups -OCH3 is 2. The fourth-order valence-electron chi connectivity index (χ4n) is 2.75. The highest BCUT2D eigenvalue weighted by Crippen LogP contribution is 2.30. The summed E-state index contributed by atoms with van der Waals surface area (Å²) >= 11 is 0. The molecule has 0 saturated carbocycles. The zero-order chi connectivity index (χ0) is 21.3. The van der Waals surface area contributed by atoms with Gasteiger partial charge < -0.3 is 29.0 Å². The lowest BCUT2D eigenvalue weighted by molar-refractivity contribution is -0.143. The third kappa shape index (κ3) is 5.66. The second-order valence-electron chi connectivity index (χ2n) is 6.36. The van der Waals surface area contributed by atoms with Crippen molar-refractivity contribution in [3.05, 3.63) is 54.1 Å². The van der Waals surface area contributed by atoms with Crippen LogP contribution in [0, 0.1) is 0 Å². The van der Waals surface area contributed by atoms with Gasteiger partial charge in [0.25, 0.3) is 5.91 Å². The van der Waals surface area contributed by atoms with Gasteiger partial charge in [-0.25, -0.2) is 4.79 Å². The highest BCUT2D eigenvalue weighted by Gasteiger charge is 2.21. The first-order valence-corrected chi connectivity index (χ1v) is 9.31. The fraction of sp³-hybridized carbons (Fsp3) is 0.273. The zero-order valence-electron chi connectivity index (χ0n) is 16.8. The summed E-state index contributed by atoms with van der Waals surface area (Å²) in [7, 11) is 3.07. The number of ether oxygens (including phenoxy) is 5. The molecule has 8 nitrogen and oxygen atoms in total. The molecule has 0 unspecified atom stereocenters. The van der Waals surface area contributed by atoms with Gasteiger partial charge in [0.15, 0.2) is 29.6 Å². The molecule has 1 N–H and O–H groups in total. The predicted molar refractivity (Wildman–Crippen MR) is 109 cm³/mol. The number of carbonyl (C=O) groups excluding carboxylic acids is 2. The fourth-order valence-corrected chi connectivity index (χ4v) is 2.75. The lowest BCUT2D eigenvalue weighted by atomic mass is 10.2. The maximum absolute atomic E-state index is 11.9. The molecule has 0 bridgehead atoms. The lowest BCUT2D eigenvalue weighted by Gasteiger charge is -2.26. The topological polar surface area (TPSA) is 92.3 Å². The average Bonchev–Trinajstić information content (AvgIpc) is 2.79. The number of amides is 1. The van der Waals surface area contributed by atoms with Crippen LogP contribution in [-0.2, 0) is 14.3 Å². The van der Waals surface area contributed by atoms with Gasteiger partial charge in [0.1, 0.15) is 12.7 Å². The Balaban J connectivity index is 1.40. The van der Waals surface area contributed by atoms with Crippen LogP contribution in [0.3, 0.4) is 0 Å². The number of hydrogen-bond acceptors (Lipinski definition) is 7. The van der Waals surface area contributed by atoms with Gasteiger partial charge in [0.2, 0.25) is 0 Å². The molecule has 8 heteroatoms. The Morgan fingerprint density at radius 1 is 1.10 bits per heavy atom. The molecule has 3 rings (SSSR count). The van der Waals surface area contributed by atoms with E-state index in [1.165, 1.54) is 13.2 Å². The van der Waals surface area contributed by atoms with Crippen LogP contribution in [0.2, 0.25) is 0 Å². The van der Waals surface area contributed by atoms with E-state index in [-0.39, 0.29) is 19.3 Å².